The molecule has 0 aromatic rings. The largest absolute Gasteiger partial charge is 0.481 e. The zero-order valence-corrected chi connectivity index (χ0v) is 67.6. The lowest BCUT2D eigenvalue weighted by Gasteiger charge is -2.19. The number of hydrogen-bond donors (Lipinski definition) is 13. The third-order valence-electron chi connectivity index (χ3n) is 19.5. The van der Waals surface area contributed by atoms with Crippen LogP contribution in [-0.2, 0) is 86.1 Å². The number of aliphatic hydroxyl groups excluding tert-OH is 1. The van der Waals surface area contributed by atoms with E-state index in [9.17, 15) is 82.4 Å². The molecule has 31 heteroatoms. The third-order valence-corrected chi connectivity index (χ3v) is 19.5. The van der Waals surface area contributed by atoms with Gasteiger partial charge in [0.05, 0.1) is 70.2 Å². The molecule has 31 nitrogen and oxygen atoms in total. The van der Waals surface area contributed by atoms with Crippen LogP contribution in [0.2, 0.25) is 0 Å². The molecule has 6 atom stereocenters. The molecular formula is C81H144N8O23. The number of ketones is 5. The second-order valence-corrected chi connectivity index (χ2v) is 29.4. The number of unbranched alkanes of at least 4 members (excludes halogenated alkanes) is 24. The van der Waals surface area contributed by atoms with E-state index in [1.165, 1.54) is 0 Å². The Bertz CT molecular complexity index is 2620. The van der Waals surface area contributed by atoms with Crippen LogP contribution in [0.15, 0.2) is 0 Å². The first-order chi connectivity index (χ1) is 53.9. The van der Waals surface area contributed by atoms with Gasteiger partial charge in [-0.3, -0.25) is 62.3 Å². The number of ether oxygens (including phenoxy) is 4. The summed E-state index contributed by atoms with van der Waals surface area (Å²) in [4.78, 5) is 170. The molecule has 5 amide bonds. The Morgan fingerprint density at radius 1 is 0.330 bits per heavy atom. The maximum Gasteiger partial charge on any atom is 0.326 e. The fourth-order valence-corrected chi connectivity index (χ4v) is 12.6. The molecule has 112 heavy (non-hydrogen) atoms. The van der Waals surface area contributed by atoms with E-state index in [2.05, 4.69) is 31.9 Å². The molecular weight excluding hydrogens is 1450 g/mol. The van der Waals surface area contributed by atoms with E-state index in [0.29, 0.717) is 148 Å². The Hall–Kier alpha value is -6.74. The topological polar surface area (TPSA) is 501 Å². The molecule has 0 bridgehead atoms. The summed E-state index contributed by atoms with van der Waals surface area (Å²) in [6.45, 7) is 3.21. The summed E-state index contributed by atoms with van der Waals surface area (Å²) < 4.78 is 21.8. The van der Waals surface area contributed by atoms with Crippen molar-refractivity contribution < 1.29 is 112 Å². The molecule has 0 rings (SSSR count). The number of carbonyl (C=O) groups is 14. The number of aliphatic carboxylic acids is 4. The minimum Gasteiger partial charge on any atom is -0.481 e. The first kappa shape index (κ1) is 105. The SMILES string of the molecule is CC[C@@H](CCCCNC(=O)[C@@H](N)CCCCCC(=O)COCCOCCNC(=O)CC[C@H](CC(=O)CCCCCCCCCCCCC(=O)O)C(=O)O)C(=O)CN[C@@H](CCCCNC(=O)[C@@H](N)CCCCCC(=O)COCCOCCNC(=O)CC[C@H](NC(=O)CCCCCCCCCCCCC(=O)O)C(=O)O)C(=O)CO. The van der Waals surface area contributed by atoms with Crippen molar-refractivity contribution in [2.45, 2.75) is 326 Å². The monoisotopic (exact) mass is 1600 g/mol. The number of aliphatic hydroxyl groups is 1. The van der Waals surface area contributed by atoms with Gasteiger partial charge in [0, 0.05) is 89.9 Å². The van der Waals surface area contributed by atoms with Crippen LogP contribution >= 0.6 is 0 Å². The van der Waals surface area contributed by atoms with E-state index in [1.54, 1.807) is 0 Å². The molecule has 0 radical (unpaired) electrons. The van der Waals surface area contributed by atoms with Gasteiger partial charge in [0.15, 0.2) is 17.3 Å². The quantitative estimate of drug-likeness (QED) is 0.0256. The highest BCUT2D eigenvalue weighted by Crippen LogP contribution is 2.19. The van der Waals surface area contributed by atoms with Gasteiger partial charge >= 0.3 is 23.9 Å². The number of rotatable bonds is 84. The number of nitrogens with one attached hydrogen (secondary N) is 6. The van der Waals surface area contributed by atoms with Crippen molar-refractivity contribution in [3.63, 3.8) is 0 Å². The van der Waals surface area contributed by atoms with Gasteiger partial charge in [-0.05, 0) is 103 Å². The lowest BCUT2D eigenvalue weighted by molar-refractivity contribution is -0.144. The van der Waals surface area contributed by atoms with Crippen molar-refractivity contribution in [1.82, 2.24) is 31.9 Å². The predicted octanol–water partition coefficient (Wildman–Crippen LogP) is 7.99. The van der Waals surface area contributed by atoms with Crippen molar-refractivity contribution in [3.05, 3.63) is 0 Å². The molecule has 0 heterocycles. The second-order valence-electron chi connectivity index (χ2n) is 29.4. The average molecular weight is 1600 g/mol. The van der Waals surface area contributed by atoms with Crippen LogP contribution in [0.3, 0.4) is 0 Å². The van der Waals surface area contributed by atoms with Crippen LogP contribution in [0, 0.1) is 11.8 Å². The number of hydrogen-bond acceptors (Lipinski definition) is 22. The van der Waals surface area contributed by atoms with Crippen LogP contribution < -0.4 is 43.4 Å². The Morgan fingerprint density at radius 2 is 0.714 bits per heavy atom. The minimum absolute atomic E-state index is 0.0327. The van der Waals surface area contributed by atoms with Crippen LogP contribution in [0.1, 0.15) is 302 Å². The Morgan fingerprint density at radius 3 is 1.13 bits per heavy atom. The molecule has 0 aliphatic rings. The number of carbonyl (C=O) groups excluding carboxylic acids is 10. The highest BCUT2D eigenvalue weighted by atomic mass is 16.5. The molecule has 0 aromatic heterocycles. The molecule has 0 aliphatic carbocycles. The van der Waals surface area contributed by atoms with Crippen LogP contribution in [-0.4, -0.2) is 224 Å². The zero-order chi connectivity index (χ0) is 83.0. The fraction of sp³-hybridized carbons (Fsp3) is 0.827. The Kier molecular flexibility index (Phi) is 68.8. The molecule has 15 N–H and O–H groups in total. The number of Topliss-reactive ketones (excluding diaryl/α,β-unsaturated/α-hetero) is 5. The highest BCUT2D eigenvalue weighted by Gasteiger charge is 2.25. The summed E-state index contributed by atoms with van der Waals surface area (Å²) in [7, 11) is 0. The van der Waals surface area contributed by atoms with E-state index < -0.39 is 66.4 Å². The summed E-state index contributed by atoms with van der Waals surface area (Å²) in [6, 6.07) is -3.37. The van der Waals surface area contributed by atoms with Gasteiger partial charge in [-0.1, -0.05) is 142 Å². The van der Waals surface area contributed by atoms with E-state index in [1.807, 2.05) is 6.92 Å². The summed E-state index contributed by atoms with van der Waals surface area (Å²) >= 11 is 0. The van der Waals surface area contributed by atoms with Crippen molar-refractivity contribution in [3.8, 4) is 0 Å². The van der Waals surface area contributed by atoms with E-state index in [-0.39, 0.29) is 182 Å². The fourth-order valence-electron chi connectivity index (χ4n) is 12.6. The molecule has 0 fully saturated rings. The molecule has 0 saturated carbocycles. The van der Waals surface area contributed by atoms with Gasteiger partial charge in [-0.25, -0.2) is 4.79 Å². The van der Waals surface area contributed by atoms with Crippen LogP contribution in [0.4, 0.5) is 0 Å². The summed E-state index contributed by atoms with van der Waals surface area (Å²) in [5.41, 5.74) is 12.3. The lowest BCUT2D eigenvalue weighted by Crippen LogP contribution is -2.43. The summed E-state index contributed by atoms with van der Waals surface area (Å²) in [5, 5.41) is 62.8. The highest BCUT2D eigenvalue weighted by molar-refractivity contribution is 5.88. The first-order valence-electron chi connectivity index (χ1n) is 41.9. The molecule has 0 saturated heterocycles. The van der Waals surface area contributed by atoms with Gasteiger partial charge in [0.25, 0.3) is 0 Å². The molecule has 0 spiro atoms. The number of amides is 5. The maximum absolute atomic E-state index is 13.2. The normalized spacial score (nSPS) is 12.9. The van der Waals surface area contributed by atoms with Gasteiger partial charge in [0.1, 0.15) is 37.4 Å². The van der Waals surface area contributed by atoms with Crippen molar-refractivity contribution in [2.75, 3.05) is 92.2 Å². The van der Waals surface area contributed by atoms with Gasteiger partial charge < -0.3 is 87.8 Å². The molecule has 646 valence electrons. The van der Waals surface area contributed by atoms with Crippen molar-refractivity contribution in [2.24, 2.45) is 23.3 Å². The maximum atomic E-state index is 13.2. The zero-order valence-electron chi connectivity index (χ0n) is 67.6. The second kappa shape index (κ2) is 73.2. The number of nitrogens with two attached hydrogens (primary N) is 2. The van der Waals surface area contributed by atoms with E-state index >= 15 is 0 Å². The molecule has 0 unspecified atom stereocenters. The number of carboxylic acid groups (broad SMARTS) is 4. The van der Waals surface area contributed by atoms with Gasteiger partial charge in [-0.2, -0.15) is 0 Å². The smallest absolute Gasteiger partial charge is 0.326 e. The number of carboxylic acids is 4. The molecule has 0 aromatic carbocycles. The minimum atomic E-state index is -1.21. The van der Waals surface area contributed by atoms with E-state index in [4.69, 9.17) is 40.6 Å². The van der Waals surface area contributed by atoms with Crippen LogP contribution in [0.25, 0.3) is 0 Å². The van der Waals surface area contributed by atoms with Crippen LogP contribution in [0.5, 0.6) is 0 Å². The first-order valence-corrected chi connectivity index (χ1v) is 41.9. The predicted molar refractivity (Wildman–Crippen MR) is 423 cm³/mol. The Labute approximate surface area is 665 Å². The van der Waals surface area contributed by atoms with Crippen molar-refractivity contribution in [1.29, 1.82) is 0 Å². The standard InChI is InChI=1S/C81H144N8O23/c1-2-62(33-29-31-47-86-78(103)67(82)37-24-19-22-35-65(92)60-111-55-53-109-51-49-84-73(96)45-43-63(80(105)106)57-64(91)34-21-15-11-7-3-5-9-13-17-27-41-76(99)100)71(94)58-88-69(72(95)59-90)39-30-32-48-87-79(104)68(83)38-25-20-23-36-66(93)61-112-56-54-110-52-50-85-74(97)46-44-70(81(107)108)89-75(98)40-26-16-12-8-4-6-10-14-18-28-42-77(101)102/h62-63,67-70,88,90H,2-61,82-83H2,1H3,(H,84,96)(H,85,97)(H,86,103)(H,87,104)(H,89,98)(H,99,100)(H,101,102)(H,105,106)(H,107,108)/t62-,63+,67-,68-,69-,70-/m0/s1. The van der Waals surface area contributed by atoms with Gasteiger partial charge in [0.2, 0.25) is 29.5 Å². The average Bonchev–Trinajstić information content (AvgIpc) is 0.977. The van der Waals surface area contributed by atoms with Gasteiger partial charge in [-0.15, -0.1) is 0 Å². The van der Waals surface area contributed by atoms with E-state index in [0.717, 1.165) is 109 Å². The summed E-state index contributed by atoms with van der Waals surface area (Å²) in [5.74, 6) is -7.46. The molecule has 0 aliphatic heterocycles. The Balaban J connectivity index is 4.07. The summed E-state index contributed by atoms with van der Waals surface area (Å²) in [6.07, 6.45) is 29.1. The lowest BCUT2D eigenvalue weighted by atomic mass is 9.94. The third kappa shape index (κ3) is 65.6. The van der Waals surface area contributed by atoms with Crippen molar-refractivity contribution >= 4 is 82.3 Å².